The van der Waals surface area contributed by atoms with E-state index in [0.717, 1.165) is 21.7 Å². The smallest absolute Gasteiger partial charge is 0.337 e. The molecule has 1 saturated heterocycles. The lowest BCUT2D eigenvalue weighted by Crippen LogP contribution is -2.46. The Kier molecular flexibility index (Phi) is 6.49. The summed E-state index contributed by atoms with van der Waals surface area (Å²) in [4.78, 5) is 25.5. The summed E-state index contributed by atoms with van der Waals surface area (Å²) >= 11 is 0. The van der Waals surface area contributed by atoms with Crippen LogP contribution in [0.4, 0.5) is 5.69 Å². The first kappa shape index (κ1) is 22.9. The highest BCUT2D eigenvalue weighted by Crippen LogP contribution is 2.33. The van der Waals surface area contributed by atoms with Crippen LogP contribution in [-0.2, 0) is 24.3 Å². The topological polar surface area (TPSA) is 92.8 Å². The van der Waals surface area contributed by atoms with Gasteiger partial charge in [-0.15, -0.1) is 0 Å². The van der Waals surface area contributed by atoms with Gasteiger partial charge in [0.1, 0.15) is 12.1 Å². The van der Waals surface area contributed by atoms with Crippen molar-refractivity contribution in [3.8, 4) is 0 Å². The number of rotatable bonds is 6. The van der Waals surface area contributed by atoms with E-state index in [-0.39, 0.29) is 4.90 Å². The first-order valence-corrected chi connectivity index (χ1v) is 12.3. The number of nitrogens with one attached hydrogen (secondary N) is 1. The van der Waals surface area contributed by atoms with Crippen molar-refractivity contribution in [2.24, 2.45) is 0 Å². The first-order chi connectivity index (χ1) is 15.8. The van der Waals surface area contributed by atoms with Crippen molar-refractivity contribution in [3.05, 3.63) is 72.3 Å². The van der Waals surface area contributed by atoms with Gasteiger partial charge in [-0.25, -0.2) is 18.0 Å². The van der Waals surface area contributed by atoms with E-state index < -0.39 is 34.0 Å². The maximum atomic E-state index is 13.8. The fraction of sp³-hybridized carbons (Fsp3) is 0.280. The number of sulfonamides is 1. The lowest BCUT2D eigenvalue weighted by atomic mass is 10.1. The third-order valence-corrected chi connectivity index (χ3v) is 7.72. The molecule has 8 heteroatoms. The third kappa shape index (κ3) is 4.62. The van der Waals surface area contributed by atoms with Gasteiger partial charge in [0.15, 0.2) is 0 Å². The van der Waals surface area contributed by atoms with Crippen molar-refractivity contribution in [2.75, 3.05) is 10.8 Å². The standard InChI is InChI=1S/C25H26N2O5S/c1-17-12-14-20(15-13-17)33(30,31)27(23-11-5-8-19-7-3-4-9-21(19)23)18(2)24(28)32-25(29)22-10-6-16-26-22/h3-5,7-9,11-15,18,22,26H,6,10,16H2,1-2H3/t18-,22-/m0/s1. The molecule has 2 atom stereocenters. The van der Waals surface area contributed by atoms with Crippen LogP contribution in [0.1, 0.15) is 25.3 Å². The fourth-order valence-electron chi connectivity index (χ4n) is 4.01. The molecule has 33 heavy (non-hydrogen) atoms. The van der Waals surface area contributed by atoms with Gasteiger partial charge in [-0.3, -0.25) is 4.31 Å². The maximum absolute atomic E-state index is 13.8. The van der Waals surface area contributed by atoms with Crippen molar-refractivity contribution >= 4 is 38.4 Å². The predicted molar refractivity (Wildman–Crippen MR) is 126 cm³/mol. The maximum Gasteiger partial charge on any atom is 0.337 e. The van der Waals surface area contributed by atoms with E-state index in [1.54, 1.807) is 36.4 Å². The molecule has 0 radical (unpaired) electrons. The number of carbonyl (C=O) groups excluding carboxylic acids is 2. The zero-order valence-corrected chi connectivity index (χ0v) is 19.3. The van der Waals surface area contributed by atoms with Gasteiger partial charge < -0.3 is 10.1 Å². The van der Waals surface area contributed by atoms with Gasteiger partial charge in [0.2, 0.25) is 0 Å². The molecule has 0 saturated carbocycles. The molecular formula is C25H26N2O5S. The van der Waals surface area contributed by atoms with E-state index in [1.807, 2.05) is 25.1 Å². The van der Waals surface area contributed by atoms with Crippen molar-refractivity contribution < 1.29 is 22.7 Å². The zero-order chi connectivity index (χ0) is 23.6. The van der Waals surface area contributed by atoms with E-state index in [9.17, 15) is 18.0 Å². The third-order valence-electron chi connectivity index (χ3n) is 5.82. The summed E-state index contributed by atoms with van der Waals surface area (Å²) in [6.07, 6.45) is 1.39. The number of anilines is 1. The average Bonchev–Trinajstić information content (AvgIpc) is 3.35. The molecule has 1 heterocycles. The van der Waals surface area contributed by atoms with E-state index in [4.69, 9.17) is 4.74 Å². The number of hydrogen-bond acceptors (Lipinski definition) is 6. The Balaban J connectivity index is 1.78. The van der Waals surface area contributed by atoms with Crippen LogP contribution in [0.5, 0.6) is 0 Å². The number of hydrogen-bond donors (Lipinski definition) is 1. The lowest BCUT2D eigenvalue weighted by molar-refractivity contribution is -0.161. The minimum Gasteiger partial charge on any atom is -0.390 e. The molecule has 0 aliphatic carbocycles. The Bertz CT molecular complexity index is 1280. The van der Waals surface area contributed by atoms with E-state index in [0.29, 0.717) is 24.0 Å². The molecule has 1 fully saturated rings. The van der Waals surface area contributed by atoms with Gasteiger partial charge in [0.05, 0.1) is 10.6 Å². The van der Waals surface area contributed by atoms with Crippen LogP contribution in [0, 0.1) is 6.92 Å². The Labute approximate surface area is 193 Å². The summed E-state index contributed by atoms with van der Waals surface area (Å²) in [7, 11) is -4.16. The molecule has 1 N–H and O–H groups in total. The van der Waals surface area contributed by atoms with Crippen molar-refractivity contribution in [1.29, 1.82) is 0 Å². The van der Waals surface area contributed by atoms with Crippen molar-refractivity contribution in [3.63, 3.8) is 0 Å². The molecule has 172 valence electrons. The molecule has 0 amide bonds. The molecule has 0 aromatic heterocycles. The first-order valence-electron chi connectivity index (χ1n) is 10.9. The summed E-state index contributed by atoms with van der Waals surface area (Å²) in [5.74, 6) is -1.60. The van der Waals surface area contributed by atoms with Gasteiger partial charge in [0, 0.05) is 5.39 Å². The molecule has 0 bridgehead atoms. The molecule has 3 aromatic carbocycles. The number of benzene rings is 3. The van der Waals surface area contributed by atoms with Gasteiger partial charge in [-0.05, 0) is 56.8 Å². The second-order valence-corrected chi connectivity index (χ2v) is 9.99. The summed E-state index contributed by atoms with van der Waals surface area (Å²) in [5.41, 5.74) is 1.25. The van der Waals surface area contributed by atoms with E-state index in [1.165, 1.54) is 19.1 Å². The van der Waals surface area contributed by atoms with Crippen molar-refractivity contribution in [1.82, 2.24) is 5.32 Å². The van der Waals surface area contributed by atoms with E-state index >= 15 is 0 Å². The Hall–Kier alpha value is -3.23. The van der Waals surface area contributed by atoms with Gasteiger partial charge >= 0.3 is 11.9 Å². The van der Waals surface area contributed by atoms with Crippen LogP contribution in [0.25, 0.3) is 10.8 Å². The molecule has 1 aliphatic heterocycles. The summed E-state index contributed by atoms with van der Waals surface area (Å²) in [6, 6.07) is 17.2. The zero-order valence-electron chi connectivity index (χ0n) is 18.5. The number of fused-ring (bicyclic) bond motifs is 1. The second-order valence-electron chi connectivity index (χ2n) is 8.18. The van der Waals surface area contributed by atoms with Crippen LogP contribution in [-0.4, -0.2) is 39.0 Å². The van der Waals surface area contributed by atoms with Gasteiger partial charge in [-0.2, -0.15) is 0 Å². The molecule has 4 rings (SSSR count). The van der Waals surface area contributed by atoms with Gasteiger partial charge in [0.25, 0.3) is 10.0 Å². The SMILES string of the molecule is Cc1ccc(S(=O)(=O)N(c2cccc3ccccc23)[C@@H](C)C(=O)OC(=O)[C@@H]2CCCN2)cc1. The number of ether oxygens (including phenoxy) is 1. The normalized spacial score (nSPS) is 17.0. The monoisotopic (exact) mass is 466 g/mol. The number of esters is 2. The number of nitrogens with zero attached hydrogens (tertiary/aromatic N) is 1. The van der Waals surface area contributed by atoms with Gasteiger partial charge in [-0.1, -0.05) is 54.1 Å². The Morgan fingerprint density at radius 2 is 1.73 bits per heavy atom. The molecule has 3 aromatic rings. The van der Waals surface area contributed by atoms with Crippen LogP contribution in [0.2, 0.25) is 0 Å². The second kappa shape index (κ2) is 9.33. The fourth-order valence-corrected chi connectivity index (χ4v) is 5.64. The number of carbonyl (C=O) groups is 2. The van der Waals surface area contributed by atoms with Crippen LogP contribution >= 0.6 is 0 Å². The van der Waals surface area contributed by atoms with Crippen LogP contribution in [0.15, 0.2) is 71.6 Å². The van der Waals surface area contributed by atoms with Crippen LogP contribution in [0.3, 0.4) is 0 Å². The largest absolute Gasteiger partial charge is 0.390 e. The summed E-state index contributed by atoms with van der Waals surface area (Å²) < 4.78 is 33.8. The molecule has 0 unspecified atom stereocenters. The van der Waals surface area contributed by atoms with Crippen molar-refractivity contribution in [2.45, 2.75) is 43.7 Å². The highest BCUT2D eigenvalue weighted by atomic mass is 32.2. The summed E-state index contributed by atoms with van der Waals surface area (Å²) in [5, 5.41) is 4.48. The molecular weight excluding hydrogens is 440 g/mol. The number of aryl methyl sites for hydroxylation is 1. The minimum absolute atomic E-state index is 0.0458. The molecule has 0 spiro atoms. The molecule has 7 nitrogen and oxygen atoms in total. The van der Waals surface area contributed by atoms with E-state index in [2.05, 4.69) is 5.32 Å². The van der Waals surface area contributed by atoms with Crippen LogP contribution < -0.4 is 9.62 Å². The predicted octanol–water partition coefficient (Wildman–Crippen LogP) is 3.55. The Morgan fingerprint density at radius 3 is 2.42 bits per heavy atom. The highest BCUT2D eigenvalue weighted by molar-refractivity contribution is 7.93. The Morgan fingerprint density at radius 1 is 1.03 bits per heavy atom. The molecule has 1 aliphatic rings. The average molecular weight is 467 g/mol. The quantitative estimate of drug-likeness (QED) is 0.441. The minimum atomic E-state index is -4.16. The highest BCUT2D eigenvalue weighted by Gasteiger charge is 2.37. The summed E-state index contributed by atoms with van der Waals surface area (Å²) in [6.45, 7) is 3.97. The lowest BCUT2D eigenvalue weighted by Gasteiger charge is -2.30.